The van der Waals surface area contributed by atoms with Gasteiger partial charge in [-0.25, -0.2) is 10.9 Å². The molecule has 0 atom stereocenters. The third kappa shape index (κ3) is 6.37. The molecule has 1 heterocycles. The summed E-state index contributed by atoms with van der Waals surface area (Å²) in [5.41, 5.74) is 5.80. The van der Waals surface area contributed by atoms with Crippen molar-refractivity contribution in [1.82, 2.24) is 10.3 Å². The van der Waals surface area contributed by atoms with Crippen LogP contribution in [0.4, 0.5) is 4.39 Å². The van der Waals surface area contributed by atoms with Crippen LogP contribution < -0.4 is 5.32 Å². The van der Waals surface area contributed by atoms with Crippen molar-refractivity contribution in [2.45, 2.75) is 20.3 Å². The molecule has 0 aromatic heterocycles. The van der Waals surface area contributed by atoms with Crippen LogP contribution in [0.2, 0.25) is 0 Å². The van der Waals surface area contributed by atoms with Crippen molar-refractivity contribution in [3.05, 3.63) is 107 Å². The number of hydrogen-bond donors (Lipinski definition) is 1. The molecule has 1 aliphatic rings. The van der Waals surface area contributed by atoms with Gasteiger partial charge in [-0.3, -0.25) is 5.01 Å². The average Bonchev–Trinajstić information content (AvgIpc) is 2.72. The fourth-order valence-corrected chi connectivity index (χ4v) is 3.12. The van der Waals surface area contributed by atoms with Gasteiger partial charge >= 0.3 is 0 Å². The minimum absolute atomic E-state index is 0. The molecule has 155 valence electrons. The van der Waals surface area contributed by atoms with E-state index < -0.39 is 5.83 Å². The summed E-state index contributed by atoms with van der Waals surface area (Å²) in [6.07, 6.45) is 5.20. The average molecular weight is 500 g/mol. The van der Waals surface area contributed by atoms with Gasteiger partial charge in [-0.2, -0.15) is 5.10 Å². The molecule has 0 saturated heterocycles. The van der Waals surface area contributed by atoms with Crippen molar-refractivity contribution in [1.29, 1.82) is 0 Å². The van der Waals surface area contributed by atoms with E-state index in [2.05, 4.69) is 54.4 Å². The molecular formula is C24H26ClFN3Y-. The molecule has 6 heteroatoms. The van der Waals surface area contributed by atoms with Crippen LogP contribution in [-0.2, 0) is 39.1 Å². The molecule has 1 aromatic carbocycles. The molecule has 0 unspecified atom stereocenters. The molecule has 0 fully saturated rings. The molecule has 1 radical (unpaired) electrons. The minimum atomic E-state index is -0.520. The predicted molar refractivity (Wildman–Crippen MR) is 123 cm³/mol. The van der Waals surface area contributed by atoms with Crippen LogP contribution >= 0.6 is 11.6 Å². The zero-order chi connectivity index (χ0) is 21.6. The number of hydrazone groups is 1. The molecule has 30 heavy (non-hydrogen) atoms. The molecule has 2 rings (SSSR count). The Morgan fingerprint density at radius 2 is 1.97 bits per heavy atom. The number of hydrogen-bond acceptors (Lipinski definition) is 3. The van der Waals surface area contributed by atoms with Crippen LogP contribution in [0.1, 0.15) is 25.0 Å². The molecular weight excluding hydrogens is 474 g/mol. The second kappa shape index (κ2) is 12.2. The molecule has 3 nitrogen and oxygen atoms in total. The summed E-state index contributed by atoms with van der Waals surface area (Å²) in [5, 5.41) is 9.34. The van der Waals surface area contributed by atoms with Gasteiger partial charge in [0.05, 0.1) is 11.9 Å². The zero-order valence-corrected chi connectivity index (χ0v) is 21.3. The first-order valence-corrected chi connectivity index (χ1v) is 9.57. The van der Waals surface area contributed by atoms with E-state index >= 15 is 0 Å². The summed E-state index contributed by atoms with van der Waals surface area (Å²) in [4.78, 5) is 0. The van der Waals surface area contributed by atoms with Gasteiger partial charge < -0.3 is 5.32 Å². The molecule has 1 aliphatic heterocycles. The molecule has 0 aliphatic carbocycles. The number of likely N-dealkylation sites (N-methyl/N-ethyl adjacent to an activating group) is 1. The van der Waals surface area contributed by atoms with Crippen LogP contribution in [0.3, 0.4) is 0 Å². The zero-order valence-electron chi connectivity index (χ0n) is 17.7. The summed E-state index contributed by atoms with van der Waals surface area (Å²) in [6.45, 7) is 17.0. The van der Waals surface area contributed by atoms with E-state index in [1.165, 1.54) is 0 Å². The van der Waals surface area contributed by atoms with Gasteiger partial charge in [-0.05, 0) is 31.1 Å². The van der Waals surface area contributed by atoms with E-state index in [1.807, 2.05) is 26.7 Å². The van der Waals surface area contributed by atoms with E-state index in [0.29, 0.717) is 12.1 Å². The third-order valence-electron chi connectivity index (χ3n) is 4.57. The maximum absolute atomic E-state index is 14.0. The molecule has 0 spiro atoms. The Labute approximate surface area is 209 Å². The topological polar surface area (TPSA) is 27.6 Å². The Morgan fingerprint density at radius 1 is 1.33 bits per heavy atom. The molecule has 0 amide bonds. The van der Waals surface area contributed by atoms with Crippen LogP contribution in [0, 0.1) is 6.54 Å². The third-order valence-corrected chi connectivity index (χ3v) is 4.97. The Morgan fingerprint density at radius 3 is 2.53 bits per heavy atom. The molecule has 0 saturated carbocycles. The van der Waals surface area contributed by atoms with Gasteiger partial charge in [-0.1, -0.05) is 67.2 Å². The van der Waals surface area contributed by atoms with E-state index in [4.69, 9.17) is 11.6 Å². The van der Waals surface area contributed by atoms with Gasteiger partial charge in [0.15, 0.2) is 0 Å². The number of halogens is 2. The van der Waals surface area contributed by atoms with Crippen molar-refractivity contribution in [3.63, 3.8) is 0 Å². The Bertz CT molecular complexity index is 940. The van der Waals surface area contributed by atoms with E-state index in [-0.39, 0.29) is 43.3 Å². The number of nitrogens with zero attached hydrogens (tertiary/aromatic N) is 2. The van der Waals surface area contributed by atoms with Crippen molar-refractivity contribution in [3.8, 4) is 0 Å². The van der Waals surface area contributed by atoms with Gasteiger partial charge in [0.1, 0.15) is 5.83 Å². The van der Waals surface area contributed by atoms with Crippen LogP contribution in [0.5, 0.6) is 0 Å². The fraction of sp³-hybridized carbons (Fsp3) is 0.167. The van der Waals surface area contributed by atoms with Crippen LogP contribution in [0.25, 0.3) is 5.57 Å². The quantitative estimate of drug-likeness (QED) is 0.337. The second-order valence-electron chi connectivity index (χ2n) is 6.56. The standard InChI is InChI=1S/C24H26ClFN3.Y/c1-7-21(25)24(22(26)8-2)17(4)27-14-13-19-9-11-20(12-10-19)23-16(3)15-28-29(6)18(23)5;/h7-12,14-15,27H,2,4-5,13H2,1,3,6H3;/q-1;/b21-7+,24-22+;. The van der Waals surface area contributed by atoms with Gasteiger partial charge in [0, 0.05) is 61.6 Å². The van der Waals surface area contributed by atoms with Crippen molar-refractivity contribution < 1.29 is 37.1 Å². The second-order valence-corrected chi connectivity index (χ2v) is 6.97. The summed E-state index contributed by atoms with van der Waals surface area (Å²) in [6, 6.07) is 8.23. The van der Waals surface area contributed by atoms with Crippen molar-refractivity contribution >= 4 is 23.4 Å². The van der Waals surface area contributed by atoms with Gasteiger partial charge in [-0.15, -0.1) is 6.42 Å². The van der Waals surface area contributed by atoms with Crippen molar-refractivity contribution in [2.24, 2.45) is 5.10 Å². The largest absolute Gasteiger partial charge is 0.535 e. The van der Waals surface area contributed by atoms with Gasteiger partial charge in [0.25, 0.3) is 0 Å². The van der Waals surface area contributed by atoms with Crippen LogP contribution in [0.15, 0.2) is 94.7 Å². The smallest absolute Gasteiger partial charge is 0.133 e. The maximum Gasteiger partial charge on any atom is 0.133 e. The Balaban J connectivity index is 0.00000450. The monoisotopic (exact) mass is 499 g/mol. The SMILES string of the molecule is C=C/C(F)=C(C(=C)N[CH-]Cc1ccc(C2=C(C)C=NN(C)C2=C)cc1)\C(Cl)=C/C.[Y]. The molecule has 0 bridgehead atoms. The first-order valence-electron chi connectivity index (χ1n) is 9.19. The summed E-state index contributed by atoms with van der Waals surface area (Å²) in [7, 11) is 1.88. The maximum atomic E-state index is 14.0. The minimum Gasteiger partial charge on any atom is -0.535 e. The molecule has 1 aromatic rings. The fourth-order valence-electron chi connectivity index (χ4n) is 2.91. The van der Waals surface area contributed by atoms with Crippen molar-refractivity contribution in [2.75, 3.05) is 7.05 Å². The van der Waals surface area contributed by atoms with E-state index in [1.54, 1.807) is 18.0 Å². The number of allylic oxidation sites excluding steroid dienone is 6. The summed E-state index contributed by atoms with van der Waals surface area (Å²) >= 11 is 6.10. The molecule has 1 N–H and O–H groups in total. The number of benzene rings is 1. The first kappa shape index (κ1) is 26.3. The number of rotatable bonds is 8. The van der Waals surface area contributed by atoms with Crippen LogP contribution in [-0.4, -0.2) is 18.3 Å². The Hall–Kier alpha value is -1.75. The normalized spacial score (nSPS) is 14.9. The Kier molecular flexibility index (Phi) is 10.7. The van der Waals surface area contributed by atoms with E-state index in [9.17, 15) is 4.39 Å². The summed E-state index contributed by atoms with van der Waals surface area (Å²) < 4.78 is 14.0. The number of nitrogens with one attached hydrogen (secondary N) is 1. The predicted octanol–water partition coefficient (Wildman–Crippen LogP) is 6.26. The summed E-state index contributed by atoms with van der Waals surface area (Å²) in [5.74, 6) is -0.520. The first-order chi connectivity index (χ1) is 13.8. The van der Waals surface area contributed by atoms with Gasteiger partial charge in [0.2, 0.25) is 0 Å². The van der Waals surface area contributed by atoms with E-state index in [0.717, 1.165) is 34.0 Å².